The van der Waals surface area contributed by atoms with Crippen LogP contribution in [0.4, 0.5) is 5.69 Å². The number of nitrogens with one attached hydrogen (secondary N) is 2. The number of hydrogen-bond acceptors (Lipinski definition) is 4. The summed E-state index contributed by atoms with van der Waals surface area (Å²) in [4.78, 5) is 11.6. The Balaban J connectivity index is 1.85. The maximum atomic E-state index is 5.88. The highest BCUT2D eigenvalue weighted by molar-refractivity contribution is 5.94. The summed E-state index contributed by atoms with van der Waals surface area (Å²) in [5.41, 5.74) is 3.82. The van der Waals surface area contributed by atoms with Crippen LogP contribution in [-0.2, 0) is 6.61 Å². The Labute approximate surface area is 129 Å². The lowest BCUT2D eigenvalue weighted by Crippen LogP contribution is -2.03. The molecule has 0 saturated heterocycles. The van der Waals surface area contributed by atoms with Gasteiger partial charge in [0.2, 0.25) is 5.88 Å². The number of rotatable bonds is 6. The maximum absolute atomic E-state index is 5.88. The molecule has 0 unspecified atom stereocenters. The van der Waals surface area contributed by atoms with Crippen LogP contribution >= 0.6 is 0 Å². The minimum absolute atomic E-state index is 0.470. The molecule has 22 heavy (non-hydrogen) atoms. The highest BCUT2D eigenvalue weighted by Gasteiger charge is 2.12. The molecule has 0 fully saturated rings. The number of nitrogens with zero attached hydrogens (tertiary/aromatic N) is 2. The lowest BCUT2D eigenvalue weighted by molar-refractivity contribution is 0.298. The van der Waals surface area contributed by atoms with Crippen molar-refractivity contribution in [3.05, 3.63) is 60.6 Å². The van der Waals surface area contributed by atoms with Gasteiger partial charge < -0.3 is 15.0 Å². The third-order valence-electron chi connectivity index (χ3n) is 3.23. The zero-order valence-electron chi connectivity index (χ0n) is 12.5. The molecule has 0 spiro atoms. The number of benzene rings is 1. The van der Waals surface area contributed by atoms with Crippen LogP contribution in [0.15, 0.2) is 55.0 Å². The van der Waals surface area contributed by atoms with Gasteiger partial charge in [0.1, 0.15) is 24.0 Å². The topological polar surface area (TPSA) is 62.8 Å². The third-order valence-corrected chi connectivity index (χ3v) is 3.23. The quantitative estimate of drug-likeness (QED) is 0.683. The van der Waals surface area contributed by atoms with Crippen molar-refractivity contribution in [2.24, 2.45) is 0 Å². The predicted octanol–water partition coefficient (Wildman–Crippen LogP) is 3.52. The van der Waals surface area contributed by atoms with Gasteiger partial charge >= 0.3 is 0 Å². The summed E-state index contributed by atoms with van der Waals surface area (Å²) < 4.78 is 5.88. The molecule has 2 heterocycles. The van der Waals surface area contributed by atoms with Crippen molar-refractivity contribution in [1.82, 2.24) is 15.0 Å². The molecule has 0 aliphatic rings. The van der Waals surface area contributed by atoms with E-state index in [1.165, 1.54) is 6.33 Å². The van der Waals surface area contributed by atoms with Gasteiger partial charge in [0.15, 0.2) is 0 Å². The second-order valence-corrected chi connectivity index (χ2v) is 5.19. The average Bonchev–Trinajstić information content (AvgIpc) is 2.96. The second-order valence-electron chi connectivity index (χ2n) is 5.19. The lowest BCUT2D eigenvalue weighted by Gasteiger charge is -2.09. The molecule has 2 N–H and O–H groups in total. The number of aromatic amines is 1. The van der Waals surface area contributed by atoms with E-state index in [-0.39, 0.29) is 0 Å². The number of hydrogen-bond donors (Lipinski definition) is 2. The number of ether oxygens (including phenoxy) is 1. The molecule has 3 aromatic rings. The summed E-state index contributed by atoms with van der Waals surface area (Å²) in [7, 11) is 0. The summed E-state index contributed by atoms with van der Waals surface area (Å²) in [5.74, 6) is 0.569. The molecular formula is C17H18N4O. The van der Waals surface area contributed by atoms with Gasteiger partial charge in [-0.1, -0.05) is 42.5 Å². The van der Waals surface area contributed by atoms with E-state index in [0.29, 0.717) is 19.0 Å². The Kier molecular flexibility index (Phi) is 4.05. The minimum Gasteiger partial charge on any atom is -0.472 e. The fourth-order valence-electron chi connectivity index (χ4n) is 2.16. The van der Waals surface area contributed by atoms with Gasteiger partial charge in [0.05, 0.1) is 5.69 Å². The molecular weight excluding hydrogens is 276 g/mol. The Bertz CT molecular complexity index is 780. The fourth-order valence-corrected chi connectivity index (χ4v) is 2.16. The minimum atomic E-state index is 0.470. The van der Waals surface area contributed by atoms with Crippen molar-refractivity contribution >= 4 is 16.7 Å². The first-order valence-electron chi connectivity index (χ1n) is 7.11. The van der Waals surface area contributed by atoms with Gasteiger partial charge in [-0.15, -0.1) is 0 Å². The molecule has 5 nitrogen and oxygen atoms in total. The molecule has 112 valence electrons. The van der Waals surface area contributed by atoms with Crippen LogP contribution in [0.5, 0.6) is 5.88 Å². The highest BCUT2D eigenvalue weighted by Crippen LogP contribution is 2.29. The van der Waals surface area contributed by atoms with Crippen molar-refractivity contribution in [3.8, 4) is 5.88 Å². The van der Waals surface area contributed by atoms with Gasteiger partial charge in [-0.2, -0.15) is 0 Å². The number of H-pyrrole nitrogens is 1. The van der Waals surface area contributed by atoms with Crippen molar-refractivity contribution in [2.45, 2.75) is 13.5 Å². The molecule has 0 bridgehead atoms. The second kappa shape index (κ2) is 6.30. The first kappa shape index (κ1) is 14.1. The van der Waals surface area contributed by atoms with Gasteiger partial charge in [-0.05, 0) is 12.5 Å². The van der Waals surface area contributed by atoms with E-state index in [1.54, 1.807) is 0 Å². The average molecular weight is 294 g/mol. The van der Waals surface area contributed by atoms with Gasteiger partial charge in [-0.3, -0.25) is 0 Å². The lowest BCUT2D eigenvalue weighted by atomic mass is 10.2. The van der Waals surface area contributed by atoms with Crippen LogP contribution in [0.3, 0.4) is 0 Å². The van der Waals surface area contributed by atoms with Crippen molar-refractivity contribution in [3.63, 3.8) is 0 Å². The summed E-state index contributed by atoms with van der Waals surface area (Å²) in [6, 6.07) is 10.0. The Morgan fingerprint density at radius 2 is 2.09 bits per heavy atom. The van der Waals surface area contributed by atoms with E-state index >= 15 is 0 Å². The third kappa shape index (κ3) is 3.09. The van der Waals surface area contributed by atoms with Crippen LogP contribution < -0.4 is 10.1 Å². The summed E-state index contributed by atoms with van der Waals surface area (Å²) in [6.07, 6.45) is 3.37. The SMILES string of the molecule is C=C(C)CNc1c[nH]c2ncnc(OCc3ccccc3)c12. The zero-order valence-corrected chi connectivity index (χ0v) is 12.5. The number of anilines is 1. The van der Waals surface area contributed by atoms with Crippen molar-refractivity contribution < 1.29 is 4.74 Å². The standard InChI is InChI=1S/C17H18N4O/c1-12(2)8-18-14-9-19-16-15(14)17(21-11-20-16)22-10-13-6-4-3-5-7-13/h3-7,9,11,18H,1,8,10H2,2H3,(H,19,20,21). The zero-order chi connectivity index (χ0) is 15.4. The Morgan fingerprint density at radius 1 is 1.27 bits per heavy atom. The van der Waals surface area contributed by atoms with E-state index in [9.17, 15) is 0 Å². The van der Waals surface area contributed by atoms with Crippen LogP contribution in [0.25, 0.3) is 11.0 Å². The van der Waals surface area contributed by atoms with Crippen LogP contribution in [0.2, 0.25) is 0 Å². The Morgan fingerprint density at radius 3 is 2.86 bits per heavy atom. The molecule has 2 aromatic heterocycles. The fraction of sp³-hybridized carbons (Fsp3) is 0.176. The van der Waals surface area contributed by atoms with E-state index in [2.05, 4.69) is 26.8 Å². The van der Waals surface area contributed by atoms with E-state index in [0.717, 1.165) is 27.9 Å². The van der Waals surface area contributed by atoms with Gasteiger partial charge in [0, 0.05) is 12.7 Å². The highest BCUT2D eigenvalue weighted by atomic mass is 16.5. The normalized spacial score (nSPS) is 10.6. The largest absolute Gasteiger partial charge is 0.472 e. The number of fused-ring (bicyclic) bond motifs is 1. The molecule has 0 aliphatic heterocycles. The molecule has 0 radical (unpaired) electrons. The van der Waals surface area contributed by atoms with E-state index in [1.807, 2.05) is 43.5 Å². The summed E-state index contributed by atoms with van der Waals surface area (Å²) in [6.45, 7) is 7.04. The summed E-state index contributed by atoms with van der Waals surface area (Å²) >= 11 is 0. The van der Waals surface area contributed by atoms with Crippen molar-refractivity contribution in [2.75, 3.05) is 11.9 Å². The monoisotopic (exact) mass is 294 g/mol. The first-order chi connectivity index (χ1) is 10.7. The molecule has 0 atom stereocenters. The molecule has 0 amide bonds. The molecule has 0 aliphatic carbocycles. The molecule has 5 heteroatoms. The van der Waals surface area contributed by atoms with E-state index in [4.69, 9.17) is 4.74 Å². The molecule has 1 aromatic carbocycles. The molecule has 3 rings (SSSR count). The van der Waals surface area contributed by atoms with Crippen molar-refractivity contribution in [1.29, 1.82) is 0 Å². The first-order valence-corrected chi connectivity index (χ1v) is 7.11. The van der Waals surface area contributed by atoms with Crippen LogP contribution in [0.1, 0.15) is 12.5 Å². The van der Waals surface area contributed by atoms with Crippen LogP contribution in [-0.4, -0.2) is 21.5 Å². The predicted molar refractivity (Wildman–Crippen MR) is 88.0 cm³/mol. The Hall–Kier alpha value is -2.82. The summed E-state index contributed by atoms with van der Waals surface area (Å²) in [5, 5.41) is 4.18. The number of aromatic nitrogens is 3. The maximum Gasteiger partial charge on any atom is 0.228 e. The van der Waals surface area contributed by atoms with Crippen LogP contribution in [0, 0.1) is 0 Å². The molecule has 0 saturated carbocycles. The van der Waals surface area contributed by atoms with E-state index < -0.39 is 0 Å². The van der Waals surface area contributed by atoms with Gasteiger partial charge in [0.25, 0.3) is 0 Å². The smallest absolute Gasteiger partial charge is 0.228 e. The van der Waals surface area contributed by atoms with Gasteiger partial charge in [-0.25, -0.2) is 9.97 Å².